The molecule has 24 heavy (non-hydrogen) atoms. The van der Waals surface area contributed by atoms with Crippen LogP contribution in [0.15, 0.2) is 85.0 Å². The Morgan fingerprint density at radius 3 is 2.58 bits per heavy atom. The summed E-state index contributed by atoms with van der Waals surface area (Å²) in [6, 6.07) is 17.1. The predicted molar refractivity (Wildman–Crippen MR) is 97.0 cm³/mol. The van der Waals surface area contributed by atoms with Gasteiger partial charge in [-0.3, -0.25) is 4.79 Å². The van der Waals surface area contributed by atoms with E-state index >= 15 is 0 Å². The van der Waals surface area contributed by atoms with Crippen LogP contribution in [-0.4, -0.2) is 18.9 Å². The molecule has 1 aliphatic heterocycles. The minimum Gasteiger partial charge on any atom is -0.488 e. The summed E-state index contributed by atoms with van der Waals surface area (Å²) in [5, 5.41) is 3.30. The molecule has 0 aliphatic carbocycles. The number of benzene rings is 2. The number of rotatable bonds is 4. The van der Waals surface area contributed by atoms with Crippen LogP contribution in [0, 0.1) is 0 Å². The van der Waals surface area contributed by atoms with E-state index in [4.69, 9.17) is 4.74 Å². The van der Waals surface area contributed by atoms with Crippen molar-refractivity contribution >= 4 is 11.5 Å². The summed E-state index contributed by atoms with van der Waals surface area (Å²) in [4.78, 5) is 13.2. The van der Waals surface area contributed by atoms with Gasteiger partial charge in [0.05, 0.1) is 16.8 Å². The van der Waals surface area contributed by atoms with E-state index in [0.29, 0.717) is 29.0 Å². The quantitative estimate of drug-likeness (QED) is 0.684. The summed E-state index contributed by atoms with van der Waals surface area (Å²) in [5.74, 6) is 0.512. The second kappa shape index (κ2) is 7.01. The molecule has 0 aromatic heterocycles. The number of Topliss-reactive ketones (excluding diaryl/α,β-unsaturated/α-hetero) is 1. The zero-order valence-electron chi connectivity index (χ0n) is 13.4. The first-order chi connectivity index (χ1) is 11.7. The van der Waals surface area contributed by atoms with Gasteiger partial charge in [-0.2, -0.15) is 0 Å². The van der Waals surface area contributed by atoms with Crippen molar-refractivity contribution in [1.82, 2.24) is 5.32 Å². The largest absolute Gasteiger partial charge is 0.488 e. The molecule has 1 aliphatic rings. The number of ether oxygens (including phenoxy) is 1. The van der Waals surface area contributed by atoms with E-state index in [2.05, 4.69) is 18.5 Å². The average Bonchev–Trinajstić information content (AvgIpc) is 2.75. The second-order valence-electron chi connectivity index (χ2n) is 5.50. The molecule has 3 rings (SSSR count). The number of para-hydroxylation sites is 1. The summed E-state index contributed by atoms with van der Waals surface area (Å²) in [6.45, 7) is 8.66. The molecule has 0 bridgehead atoms. The fourth-order valence-electron chi connectivity index (χ4n) is 2.72. The number of carbonyl (C=O) groups excluding carboxylic acids is 1. The van der Waals surface area contributed by atoms with E-state index < -0.39 is 0 Å². The molecule has 1 N–H and O–H groups in total. The van der Waals surface area contributed by atoms with Gasteiger partial charge in [-0.15, -0.1) is 6.58 Å². The zero-order valence-corrected chi connectivity index (χ0v) is 13.4. The fourth-order valence-corrected chi connectivity index (χ4v) is 2.72. The molecule has 0 saturated heterocycles. The standard InChI is InChI=1S/C21H19NO2/c1-3-13-22-20(16-9-5-4-6-10-16)19-15(2)14-24-18-12-8-7-11-17(18)21(19)23/h3-12,22H,1-2,13-14H2/b20-19-. The van der Waals surface area contributed by atoms with Gasteiger partial charge in [-0.1, -0.05) is 55.1 Å². The van der Waals surface area contributed by atoms with Crippen LogP contribution in [0.25, 0.3) is 5.70 Å². The Morgan fingerprint density at radius 2 is 1.83 bits per heavy atom. The van der Waals surface area contributed by atoms with Crippen LogP contribution < -0.4 is 10.1 Å². The summed E-state index contributed by atoms with van der Waals surface area (Å²) in [7, 11) is 0. The molecule has 3 heteroatoms. The minimum absolute atomic E-state index is 0.0801. The van der Waals surface area contributed by atoms with E-state index in [1.807, 2.05) is 48.5 Å². The molecule has 0 atom stereocenters. The van der Waals surface area contributed by atoms with Crippen molar-refractivity contribution in [1.29, 1.82) is 0 Å². The maximum Gasteiger partial charge on any atom is 0.199 e. The third-order valence-electron chi connectivity index (χ3n) is 3.85. The monoisotopic (exact) mass is 317 g/mol. The average molecular weight is 317 g/mol. The predicted octanol–water partition coefficient (Wildman–Crippen LogP) is 4.00. The molecule has 0 unspecified atom stereocenters. The fraction of sp³-hybridized carbons (Fsp3) is 0.0952. The van der Waals surface area contributed by atoms with Gasteiger partial charge < -0.3 is 10.1 Å². The summed E-state index contributed by atoms with van der Waals surface area (Å²) < 4.78 is 5.75. The highest BCUT2D eigenvalue weighted by Crippen LogP contribution is 2.32. The Balaban J connectivity index is 2.19. The lowest BCUT2D eigenvalue weighted by molar-refractivity contribution is 0.103. The Morgan fingerprint density at radius 1 is 1.12 bits per heavy atom. The summed E-state index contributed by atoms with van der Waals surface area (Å²) >= 11 is 0. The first-order valence-electron chi connectivity index (χ1n) is 7.81. The van der Waals surface area contributed by atoms with Crippen LogP contribution in [0.1, 0.15) is 15.9 Å². The maximum atomic E-state index is 13.2. The van der Waals surface area contributed by atoms with Gasteiger partial charge in [0.1, 0.15) is 12.4 Å². The van der Waals surface area contributed by atoms with Gasteiger partial charge in [0.2, 0.25) is 0 Å². The molecule has 0 saturated carbocycles. The molecular formula is C21H19NO2. The first-order valence-corrected chi connectivity index (χ1v) is 7.81. The maximum absolute atomic E-state index is 13.2. The Bertz CT molecular complexity index is 819. The Kier molecular flexibility index (Phi) is 4.62. The van der Waals surface area contributed by atoms with Crippen molar-refractivity contribution in [2.24, 2.45) is 0 Å². The molecule has 2 aromatic rings. The van der Waals surface area contributed by atoms with Gasteiger partial charge in [0.15, 0.2) is 5.78 Å². The van der Waals surface area contributed by atoms with Crippen LogP contribution in [0.3, 0.4) is 0 Å². The third-order valence-corrected chi connectivity index (χ3v) is 3.85. The molecule has 0 spiro atoms. The molecular weight excluding hydrogens is 298 g/mol. The normalized spacial score (nSPS) is 15.8. The molecule has 1 heterocycles. The molecule has 2 aromatic carbocycles. The van der Waals surface area contributed by atoms with Gasteiger partial charge >= 0.3 is 0 Å². The SMILES string of the molecule is C=CCN/C(=C1/C(=C)COc2ccccc2C1=O)c1ccccc1. The number of ketones is 1. The van der Waals surface area contributed by atoms with Crippen LogP contribution >= 0.6 is 0 Å². The highest BCUT2D eigenvalue weighted by molar-refractivity contribution is 6.17. The van der Waals surface area contributed by atoms with E-state index in [-0.39, 0.29) is 12.4 Å². The highest BCUT2D eigenvalue weighted by atomic mass is 16.5. The molecule has 0 radical (unpaired) electrons. The number of nitrogens with one attached hydrogen (secondary N) is 1. The van der Waals surface area contributed by atoms with Crippen molar-refractivity contribution in [3.05, 3.63) is 96.1 Å². The Hall–Kier alpha value is -3.07. The topological polar surface area (TPSA) is 38.3 Å². The van der Waals surface area contributed by atoms with Crippen LogP contribution in [0.2, 0.25) is 0 Å². The lowest BCUT2D eigenvalue weighted by Crippen LogP contribution is -2.19. The summed E-state index contributed by atoms with van der Waals surface area (Å²) in [5.41, 5.74) is 3.47. The van der Waals surface area contributed by atoms with Gasteiger partial charge in [0, 0.05) is 6.54 Å². The zero-order chi connectivity index (χ0) is 16.9. The number of hydrogen-bond donors (Lipinski definition) is 1. The minimum atomic E-state index is -0.0801. The van der Waals surface area contributed by atoms with Crippen LogP contribution in [0.5, 0.6) is 5.75 Å². The number of fused-ring (bicyclic) bond motifs is 1. The Labute approximate surface area is 142 Å². The van der Waals surface area contributed by atoms with Gasteiger partial charge in [-0.05, 0) is 23.3 Å². The molecule has 0 fully saturated rings. The van der Waals surface area contributed by atoms with Crippen molar-refractivity contribution in [2.75, 3.05) is 13.2 Å². The van der Waals surface area contributed by atoms with E-state index in [1.165, 1.54) is 0 Å². The van der Waals surface area contributed by atoms with Crippen molar-refractivity contribution < 1.29 is 9.53 Å². The van der Waals surface area contributed by atoms with E-state index in [0.717, 1.165) is 11.3 Å². The van der Waals surface area contributed by atoms with Crippen LogP contribution in [-0.2, 0) is 0 Å². The van der Waals surface area contributed by atoms with E-state index in [9.17, 15) is 4.79 Å². The third kappa shape index (κ3) is 3.01. The smallest absolute Gasteiger partial charge is 0.199 e. The van der Waals surface area contributed by atoms with Crippen molar-refractivity contribution in [2.45, 2.75) is 0 Å². The van der Waals surface area contributed by atoms with Crippen molar-refractivity contribution in [3.63, 3.8) is 0 Å². The number of carbonyl (C=O) groups is 1. The first kappa shape index (κ1) is 15.8. The molecule has 0 amide bonds. The van der Waals surface area contributed by atoms with E-state index in [1.54, 1.807) is 12.1 Å². The highest BCUT2D eigenvalue weighted by Gasteiger charge is 2.26. The molecule has 3 nitrogen and oxygen atoms in total. The number of hydrogen-bond acceptors (Lipinski definition) is 3. The molecule has 120 valence electrons. The van der Waals surface area contributed by atoms with Crippen LogP contribution in [0.4, 0.5) is 0 Å². The van der Waals surface area contributed by atoms with Gasteiger partial charge in [0.25, 0.3) is 0 Å². The lowest BCUT2D eigenvalue weighted by atomic mass is 9.93. The summed E-state index contributed by atoms with van der Waals surface area (Å²) in [6.07, 6.45) is 1.76. The lowest BCUT2D eigenvalue weighted by Gasteiger charge is -2.16. The van der Waals surface area contributed by atoms with Crippen molar-refractivity contribution in [3.8, 4) is 5.75 Å². The second-order valence-corrected chi connectivity index (χ2v) is 5.50. The van der Waals surface area contributed by atoms with Gasteiger partial charge in [-0.25, -0.2) is 0 Å².